The number of allylic oxidation sites excluding steroid dienone is 3. The number of hydrogen-bond acceptors (Lipinski definition) is 3. The number of hydrogen-bond donors (Lipinski definition) is 1. The lowest BCUT2D eigenvalue weighted by Gasteiger charge is -2.14. The van der Waals surface area contributed by atoms with Crippen LogP contribution in [-0.2, 0) is 14.4 Å². The number of carbonyl (C=O) groups is 3. The van der Waals surface area contributed by atoms with Crippen molar-refractivity contribution in [1.82, 2.24) is 5.32 Å². The summed E-state index contributed by atoms with van der Waals surface area (Å²) < 4.78 is 0. The molecule has 0 fully saturated rings. The van der Waals surface area contributed by atoms with Crippen molar-refractivity contribution in [2.45, 2.75) is 6.42 Å². The van der Waals surface area contributed by atoms with Gasteiger partial charge in [-0.3, -0.25) is 14.4 Å². The second-order valence-electron chi connectivity index (χ2n) is 2.90. The highest BCUT2D eigenvalue weighted by Gasteiger charge is 2.33. The van der Waals surface area contributed by atoms with Crippen molar-refractivity contribution in [3.05, 3.63) is 20.8 Å². The Morgan fingerprint density at radius 2 is 1.65 bits per heavy atom. The summed E-state index contributed by atoms with van der Waals surface area (Å²) in [6, 6.07) is 0. The predicted octanol–water partition coefficient (Wildman–Crippen LogP) is 1.42. The van der Waals surface area contributed by atoms with Crippen molar-refractivity contribution in [1.29, 1.82) is 0 Å². The Hall–Kier alpha value is -1.28. The first-order valence-corrected chi connectivity index (χ1v) is 5.31. The fourth-order valence-corrected chi connectivity index (χ4v) is 1.64. The van der Waals surface area contributed by atoms with E-state index in [1.165, 1.54) is 0 Å². The van der Waals surface area contributed by atoms with E-state index in [1.54, 1.807) is 0 Å². The van der Waals surface area contributed by atoms with Gasteiger partial charge in [-0.25, -0.2) is 0 Å². The molecule has 1 N–H and O–H groups in total. The van der Waals surface area contributed by atoms with Gasteiger partial charge >= 0.3 is 0 Å². The van der Waals surface area contributed by atoms with Gasteiger partial charge in [0.05, 0.1) is 6.42 Å². The van der Waals surface area contributed by atoms with E-state index in [0.29, 0.717) is 0 Å². The van der Waals surface area contributed by atoms with Crippen LogP contribution in [0.25, 0.3) is 0 Å². The molecule has 1 aliphatic carbocycles. The van der Waals surface area contributed by atoms with Gasteiger partial charge in [0.2, 0.25) is 17.5 Å². The molecular formula is C10H4Cl3NO3. The highest BCUT2D eigenvalue weighted by atomic mass is 35.5. The second-order valence-corrected chi connectivity index (χ2v) is 4.04. The molecule has 0 aromatic carbocycles. The maximum absolute atomic E-state index is 11.6. The van der Waals surface area contributed by atoms with Crippen LogP contribution < -0.4 is 5.32 Å². The smallest absolute Gasteiger partial charge is 0.236 e. The molecule has 0 unspecified atom stereocenters. The summed E-state index contributed by atoms with van der Waals surface area (Å²) in [5.41, 5.74) is -0.411. The summed E-state index contributed by atoms with van der Waals surface area (Å²) in [7, 11) is 0. The molecule has 0 spiro atoms. The zero-order chi connectivity index (χ0) is 13.2. The Kier molecular flexibility index (Phi) is 4.35. The molecule has 0 bridgehead atoms. The van der Waals surface area contributed by atoms with Crippen molar-refractivity contribution >= 4 is 52.3 Å². The van der Waals surface area contributed by atoms with E-state index in [4.69, 9.17) is 41.2 Å². The lowest BCUT2D eigenvalue weighted by Crippen LogP contribution is -2.32. The van der Waals surface area contributed by atoms with E-state index in [1.807, 2.05) is 0 Å². The van der Waals surface area contributed by atoms with Crippen molar-refractivity contribution in [2.75, 3.05) is 0 Å². The van der Waals surface area contributed by atoms with E-state index in [0.717, 1.165) is 0 Å². The second kappa shape index (κ2) is 5.37. The molecule has 1 aliphatic rings. The third-order valence-electron chi connectivity index (χ3n) is 1.76. The van der Waals surface area contributed by atoms with Crippen molar-refractivity contribution in [3.8, 4) is 12.3 Å². The molecule has 0 aliphatic heterocycles. The van der Waals surface area contributed by atoms with Gasteiger partial charge in [-0.2, -0.15) is 0 Å². The van der Waals surface area contributed by atoms with E-state index in [9.17, 15) is 14.4 Å². The summed E-state index contributed by atoms with van der Waals surface area (Å²) in [5.74, 6) is -0.228. The summed E-state index contributed by atoms with van der Waals surface area (Å²) in [6.45, 7) is 0. The van der Waals surface area contributed by atoms with E-state index in [-0.39, 0.29) is 6.42 Å². The lowest BCUT2D eigenvalue weighted by molar-refractivity contribution is -0.121. The van der Waals surface area contributed by atoms with Crippen LogP contribution in [0.4, 0.5) is 0 Å². The average Bonchev–Trinajstić information content (AvgIpc) is 2.30. The van der Waals surface area contributed by atoms with Crippen molar-refractivity contribution in [3.63, 3.8) is 0 Å². The minimum Gasteiger partial charge on any atom is -0.321 e. The van der Waals surface area contributed by atoms with Gasteiger partial charge in [0.25, 0.3) is 0 Å². The molecule has 0 saturated carbocycles. The Bertz CT molecular complexity index is 525. The van der Waals surface area contributed by atoms with Gasteiger partial charge in [-0.05, 0) is 0 Å². The lowest BCUT2D eigenvalue weighted by atomic mass is 10.1. The quantitative estimate of drug-likeness (QED) is 0.618. The van der Waals surface area contributed by atoms with Gasteiger partial charge in [-0.1, -0.05) is 40.7 Å². The maximum atomic E-state index is 11.6. The molecule has 7 heteroatoms. The van der Waals surface area contributed by atoms with Crippen LogP contribution >= 0.6 is 34.8 Å². The highest BCUT2D eigenvalue weighted by molar-refractivity contribution is 6.64. The number of nitrogens with one attached hydrogen (secondary N) is 1. The summed E-state index contributed by atoms with van der Waals surface area (Å²) >= 11 is 16.6. The van der Waals surface area contributed by atoms with Gasteiger partial charge < -0.3 is 5.32 Å². The van der Waals surface area contributed by atoms with E-state index >= 15 is 0 Å². The molecule has 1 amide bonds. The number of amides is 1. The largest absolute Gasteiger partial charge is 0.321 e. The Balaban J connectivity index is 3.08. The molecule has 17 heavy (non-hydrogen) atoms. The standard InChI is InChI=1S/C10H4Cl3NO3/c1-2-3-4(15)14-8-7(13)9(16)5(11)6(12)10(8)17/h1H,3H2,(H,14,15). The summed E-state index contributed by atoms with van der Waals surface area (Å²) in [5, 5.41) is 0.664. The van der Waals surface area contributed by atoms with Gasteiger partial charge in [-0.15, -0.1) is 6.42 Å². The van der Waals surface area contributed by atoms with E-state index in [2.05, 4.69) is 11.2 Å². The number of carbonyl (C=O) groups excluding carboxylic acids is 3. The van der Waals surface area contributed by atoms with E-state index < -0.39 is 38.3 Å². The van der Waals surface area contributed by atoms with Crippen LogP contribution in [0.3, 0.4) is 0 Å². The molecule has 88 valence electrons. The third kappa shape index (κ3) is 2.70. The highest BCUT2D eigenvalue weighted by Crippen LogP contribution is 2.30. The molecule has 0 heterocycles. The molecule has 0 aromatic rings. The maximum Gasteiger partial charge on any atom is 0.236 e. The van der Waals surface area contributed by atoms with Crippen molar-refractivity contribution in [2.24, 2.45) is 0 Å². The zero-order valence-electron chi connectivity index (χ0n) is 8.14. The first-order chi connectivity index (χ1) is 7.90. The van der Waals surface area contributed by atoms with Gasteiger partial charge in [0.1, 0.15) is 20.8 Å². The minimum atomic E-state index is -0.827. The van der Waals surface area contributed by atoms with Crippen LogP contribution in [-0.4, -0.2) is 17.5 Å². The average molecular weight is 293 g/mol. The first kappa shape index (κ1) is 13.8. The first-order valence-electron chi connectivity index (χ1n) is 4.18. The number of ketones is 2. The van der Waals surface area contributed by atoms with Gasteiger partial charge in [0, 0.05) is 0 Å². The SMILES string of the molecule is C#CCC(=O)NC1=C(Cl)C(=O)C(Cl)=C(Cl)C1=O. The molecule has 0 radical (unpaired) electrons. The topological polar surface area (TPSA) is 63.2 Å². The molecule has 0 saturated heterocycles. The number of Topliss-reactive ketones (excluding diaryl/α,β-unsaturated/α-hetero) is 2. The Labute approximate surface area is 112 Å². The zero-order valence-corrected chi connectivity index (χ0v) is 10.4. The Morgan fingerprint density at radius 3 is 2.18 bits per heavy atom. The monoisotopic (exact) mass is 291 g/mol. The van der Waals surface area contributed by atoms with Crippen LogP contribution in [0, 0.1) is 12.3 Å². The molecular weight excluding hydrogens is 288 g/mol. The fourth-order valence-electron chi connectivity index (χ4n) is 1.01. The number of halogens is 3. The van der Waals surface area contributed by atoms with Crippen LogP contribution in [0.2, 0.25) is 0 Å². The Morgan fingerprint density at radius 1 is 1.12 bits per heavy atom. The summed E-state index contributed by atoms with van der Waals surface area (Å²) in [4.78, 5) is 34.2. The molecule has 0 aromatic heterocycles. The molecule has 4 nitrogen and oxygen atoms in total. The number of rotatable bonds is 2. The van der Waals surface area contributed by atoms with Crippen LogP contribution in [0.5, 0.6) is 0 Å². The summed E-state index contributed by atoms with van der Waals surface area (Å²) in [6.07, 6.45) is 4.65. The van der Waals surface area contributed by atoms with Gasteiger partial charge in [0.15, 0.2) is 0 Å². The molecule has 0 atom stereocenters. The normalized spacial score (nSPS) is 16.1. The van der Waals surface area contributed by atoms with Crippen LogP contribution in [0.15, 0.2) is 20.8 Å². The third-order valence-corrected chi connectivity index (χ3v) is 2.94. The van der Waals surface area contributed by atoms with Crippen LogP contribution in [0.1, 0.15) is 6.42 Å². The minimum absolute atomic E-state index is 0.260. The molecule has 1 rings (SSSR count). The predicted molar refractivity (Wildman–Crippen MR) is 63.2 cm³/mol. The number of terminal acetylenes is 1. The fraction of sp³-hybridized carbons (Fsp3) is 0.100. The van der Waals surface area contributed by atoms with Crippen molar-refractivity contribution < 1.29 is 14.4 Å².